The zero-order valence-corrected chi connectivity index (χ0v) is 15.2. The quantitative estimate of drug-likeness (QED) is 0.554. The highest BCUT2D eigenvalue weighted by molar-refractivity contribution is 5.55. The molecule has 0 spiro atoms. The molecule has 5 heteroatoms. The van der Waals surface area contributed by atoms with Gasteiger partial charge >= 0.3 is 5.69 Å². The normalized spacial score (nSPS) is 26.5. The van der Waals surface area contributed by atoms with E-state index >= 15 is 0 Å². The van der Waals surface area contributed by atoms with E-state index in [1.54, 1.807) is 18.2 Å². The second kappa shape index (κ2) is 5.79. The number of hydrogen-bond acceptors (Lipinski definition) is 3. The van der Waals surface area contributed by atoms with E-state index < -0.39 is 0 Å². The topological polar surface area (TPSA) is 52.4 Å². The first-order valence-electron chi connectivity index (χ1n) is 8.96. The van der Waals surface area contributed by atoms with Crippen LogP contribution in [0.2, 0.25) is 0 Å². The molecule has 0 aliphatic heterocycles. The van der Waals surface area contributed by atoms with Crippen molar-refractivity contribution >= 4 is 5.69 Å². The van der Waals surface area contributed by atoms with Crippen LogP contribution in [0.25, 0.3) is 0 Å². The van der Waals surface area contributed by atoms with Crippen molar-refractivity contribution in [1.82, 2.24) is 0 Å². The third kappa shape index (κ3) is 2.49. The third-order valence-corrected chi connectivity index (χ3v) is 6.27. The molecule has 0 aromatic heterocycles. The van der Waals surface area contributed by atoms with Crippen LogP contribution in [0.1, 0.15) is 54.4 Å². The van der Waals surface area contributed by atoms with E-state index in [0.717, 1.165) is 36.0 Å². The number of nitrogens with zero attached hydrogens (tertiary/aromatic N) is 1. The van der Waals surface area contributed by atoms with E-state index in [-0.39, 0.29) is 27.8 Å². The fourth-order valence-corrected chi connectivity index (χ4v) is 5.06. The molecule has 0 saturated heterocycles. The molecule has 2 aliphatic carbocycles. The van der Waals surface area contributed by atoms with E-state index in [2.05, 4.69) is 13.8 Å². The summed E-state index contributed by atoms with van der Waals surface area (Å²) in [5.74, 6) is 0.641. The van der Waals surface area contributed by atoms with E-state index in [1.165, 1.54) is 12.7 Å². The smallest absolute Gasteiger partial charge is 0.311 e. The Morgan fingerprint density at radius 3 is 2.54 bits per heavy atom. The van der Waals surface area contributed by atoms with Crippen LogP contribution >= 0.6 is 0 Å². The second-order valence-corrected chi connectivity index (χ2v) is 8.02. The minimum Gasteiger partial charge on any atom is -0.490 e. The first-order chi connectivity index (χ1) is 12.3. The number of halogens is 1. The second-order valence-electron chi connectivity index (χ2n) is 8.02. The highest BCUT2D eigenvalue weighted by Gasteiger charge is 2.45. The maximum absolute atomic E-state index is 13.7. The Morgan fingerprint density at radius 2 is 1.88 bits per heavy atom. The van der Waals surface area contributed by atoms with Gasteiger partial charge in [0.2, 0.25) is 0 Å². The van der Waals surface area contributed by atoms with Gasteiger partial charge in [0, 0.05) is 6.07 Å². The lowest BCUT2D eigenvalue weighted by Gasteiger charge is -2.31. The van der Waals surface area contributed by atoms with E-state index in [4.69, 9.17) is 4.74 Å². The van der Waals surface area contributed by atoms with Crippen molar-refractivity contribution in [2.24, 2.45) is 5.41 Å². The summed E-state index contributed by atoms with van der Waals surface area (Å²) in [7, 11) is 1.47. The van der Waals surface area contributed by atoms with Gasteiger partial charge < -0.3 is 4.74 Å². The van der Waals surface area contributed by atoms with Crippen LogP contribution < -0.4 is 4.74 Å². The molecule has 0 heterocycles. The van der Waals surface area contributed by atoms with Crippen molar-refractivity contribution in [1.29, 1.82) is 0 Å². The van der Waals surface area contributed by atoms with Gasteiger partial charge in [0.05, 0.1) is 12.0 Å². The first-order valence-corrected chi connectivity index (χ1v) is 8.96. The van der Waals surface area contributed by atoms with Crippen molar-refractivity contribution in [2.75, 3.05) is 7.11 Å². The van der Waals surface area contributed by atoms with Gasteiger partial charge in [0.15, 0.2) is 5.75 Å². The summed E-state index contributed by atoms with van der Waals surface area (Å²) in [5.41, 5.74) is 4.49. The Hall–Kier alpha value is -2.43. The van der Waals surface area contributed by atoms with Gasteiger partial charge in [-0.25, -0.2) is 4.39 Å². The third-order valence-electron chi connectivity index (χ3n) is 6.27. The molecular weight excluding hydrogens is 333 g/mol. The Morgan fingerprint density at radius 1 is 1.19 bits per heavy atom. The number of nitro groups is 1. The Balaban J connectivity index is 1.83. The lowest BCUT2D eigenvalue weighted by atomic mass is 9.73. The van der Waals surface area contributed by atoms with Crippen LogP contribution in [0.4, 0.5) is 10.1 Å². The number of methoxy groups -OCH3 is 1. The van der Waals surface area contributed by atoms with Crippen LogP contribution in [-0.4, -0.2) is 12.0 Å². The minimum atomic E-state index is -0.378. The van der Waals surface area contributed by atoms with Crippen LogP contribution in [0.15, 0.2) is 30.3 Å². The average molecular weight is 355 g/mol. The Labute approximate surface area is 152 Å². The van der Waals surface area contributed by atoms with Gasteiger partial charge in [0.1, 0.15) is 5.82 Å². The Kier molecular flexibility index (Phi) is 3.79. The van der Waals surface area contributed by atoms with Crippen LogP contribution in [0.5, 0.6) is 5.75 Å². The summed E-state index contributed by atoms with van der Waals surface area (Å²) in [4.78, 5) is 11.0. The average Bonchev–Trinajstić information content (AvgIpc) is 2.78. The van der Waals surface area contributed by atoms with Gasteiger partial charge in [0.25, 0.3) is 0 Å². The van der Waals surface area contributed by atoms with Gasteiger partial charge in [-0.1, -0.05) is 19.9 Å². The van der Waals surface area contributed by atoms with E-state index in [1.807, 2.05) is 12.1 Å². The molecule has 2 aliphatic rings. The predicted octanol–water partition coefficient (Wildman–Crippen LogP) is 5.14. The molecule has 0 bridgehead atoms. The molecule has 26 heavy (non-hydrogen) atoms. The molecule has 0 amide bonds. The zero-order valence-electron chi connectivity index (χ0n) is 15.2. The van der Waals surface area contributed by atoms with Gasteiger partial charge in [-0.05, 0) is 77.0 Å². The molecule has 0 N–H and O–H groups in total. The standard InChI is InChI=1S/C21H22FNO3/c1-12-6-18-16-5-4-15(22)7-13(16)10-21(18,2)11-14-8-20(26-3)19(23(24)25)9-17(12)14/h4-5,7-9,12,18H,6,10-11H2,1-3H3. The Bertz CT molecular complexity index is 910. The molecule has 4 rings (SSSR count). The molecule has 2 aromatic carbocycles. The maximum atomic E-state index is 13.7. The summed E-state index contributed by atoms with van der Waals surface area (Å²) < 4.78 is 19.0. The number of fused-ring (bicyclic) bond motifs is 4. The van der Waals surface area contributed by atoms with Crippen molar-refractivity contribution in [2.45, 2.75) is 44.9 Å². The lowest BCUT2D eigenvalue weighted by Crippen LogP contribution is -2.24. The highest BCUT2D eigenvalue weighted by Crippen LogP contribution is 2.56. The number of nitro benzene ring substituents is 1. The summed E-state index contributed by atoms with van der Waals surface area (Å²) in [5, 5.41) is 11.4. The summed E-state index contributed by atoms with van der Waals surface area (Å²) in [6.07, 6.45) is 2.55. The lowest BCUT2D eigenvalue weighted by molar-refractivity contribution is -0.385. The van der Waals surface area contributed by atoms with Crippen LogP contribution in [0, 0.1) is 21.3 Å². The number of ether oxygens (including phenoxy) is 1. The number of benzene rings is 2. The molecule has 2 aromatic rings. The maximum Gasteiger partial charge on any atom is 0.311 e. The summed E-state index contributed by atoms with van der Waals surface area (Å²) in [6.45, 7) is 4.38. The molecule has 0 radical (unpaired) electrons. The van der Waals surface area contributed by atoms with Gasteiger partial charge in [-0.15, -0.1) is 0 Å². The highest BCUT2D eigenvalue weighted by atomic mass is 19.1. The molecule has 3 atom stereocenters. The molecule has 3 unspecified atom stereocenters. The number of rotatable bonds is 2. The van der Waals surface area contributed by atoms with Crippen molar-refractivity contribution in [3.05, 3.63) is 68.5 Å². The fraction of sp³-hybridized carbons (Fsp3) is 0.429. The van der Waals surface area contributed by atoms with Gasteiger partial charge in [-0.3, -0.25) is 10.1 Å². The molecule has 0 fully saturated rings. The predicted molar refractivity (Wildman–Crippen MR) is 97.3 cm³/mol. The zero-order chi connectivity index (χ0) is 18.6. The van der Waals surface area contributed by atoms with Crippen molar-refractivity contribution in [3.63, 3.8) is 0 Å². The summed E-state index contributed by atoms with van der Waals surface area (Å²) >= 11 is 0. The summed E-state index contributed by atoms with van der Waals surface area (Å²) in [6, 6.07) is 8.65. The first kappa shape index (κ1) is 17.0. The number of hydrogen-bond donors (Lipinski definition) is 0. The monoisotopic (exact) mass is 355 g/mol. The molecular formula is C21H22FNO3. The minimum absolute atomic E-state index is 0.0171. The fourth-order valence-electron chi connectivity index (χ4n) is 5.06. The van der Waals surface area contributed by atoms with E-state index in [0.29, 0.717) is 11.7 Å². The van der Waals surface area contributed by atoms with Crippen molar-refractivity contribution in [3.8, 4) is 5.75 Å². The van der Waals surface area contributed by atoms with Crippen LogP contribution in [-0.2, 0) is 12.8 Å². The van der Waals surface area contributed by atoms with E-state index in [9.17, 15) is 14.5 Å². The molecule has 136 valence electrons. The molecule has 4 nitrogen and oxygen atoms in total. The van der Waals surface area contributed by atoms with Gasteiger partial charge in [-0.2, -0.15) is 0 Å². The molecule has 0 saturated carbocycles. The largest absolute Gasteiger partial charge is 0.490 e. The van der Waals surface area contributed by atoms with Crippen molar-refractivity contribution < 1.29 is 14.1 Å². The van der Waals surface area contributed by atoms with Crippen LogP contribution in [0.3, 0.4) is 0 Å². The SMILES string of the molecule is COc1cc2c(cc1[N+](=O)[O-])C(C)CC1c3ccc(F)cc3CC1(C)C2.